The maximum atomic E-state index is 12.0. The Labute approximate surface area is 109 Å². The van der Waals surface area contributed by atoms with Crippen molar-refractivity contribution in [3.05, 3.63) is 0 Å². The molecule has 1 rings (SSSR count). The monoisotopic (exact) mass is 256 g/mol. The van der Waals surface area contributed by atoms with Crippen LogP contribution in [0.25, 0.3) is 0 Å². The summed E-state index contributed by atoms with van der Waals surface area (Å²) in [4.78, 5) is 26.5. The van der Waals surface area contributed by atoms with E-state index in [4.69, 9.17) is 5.11 Å². The van der Waals surface area contributed by atoms with Crippen LogP contribution in [0.1, 0.15) is 33.1 Å². The number of rotatable bonds is 5. The number of hydrogen-bond acceptors (Lipinski definition) is 3. The van der Waals surface area contributed by atoms with Crippen LogP contribution in [-0.2, 0) is 9.59 Å². The highest BCUT2D eigenvalue weighted by molar-refractivity contribution is 5.76. The Morgan fingerprint density at radius 3 is 2.56 bits per heavy atom. The lowest BCUT2D eigenvalue weighted by molar-refractivity contribution is -0.138. The summed E-state index contributed by atoms with van der Waals surface area (Å²) >= 11 is 0. The van der Waals surface area contributed by atoms with E-state index in [9.17, 15) is 9.59 Å². The Morgan fingerprint density at radius 2 is 1.94 bits per heavy atom. The lowest BCUT2D eigenvalue weighted by Gasteiger charge is -2.22. The van der Waals surface area contributed by atoms with Gasteiger partial charge in [-0.05, 0) is 12.3 Å². The van der Waals surface area contributed by atoms with E-state index in [1.807, 2.05) is 9.80 Å². The molecule has 1 heterocycles. The van der Waals surface area contributed by atoms with Crippen molar-refractivity contribution in [1.29, 1.82) is 0 Å². The number of carbonyl (C=O) groups excluding carboxylic acids is 1. The van der Waals surface area contributed by atoms with Gasteiger partial charge in [-0.1, -0.05) is 20.3 Å². The van der Waals surface area contributed by atoms with Gasteiger partial charge in [-0.3, -0.25) is 14.5 Å². The van der Waals surface area contributed by atoms with Gasteiger partial charge in [-0.25, -0.2) is 0 Å². The molecule has 1 N–H and O–H groups in total. The second-order valence-corrected chi connectivity index (χ2v) is 5.12. The molecule has 0 aliphatic carbocycles. The van der Waals surface area contributed by atoms with Crippen molar-refractivity contribution in [1.82, 2.24) is 9.80 Å². The average molecular weight is 256 g/mol. The molecule has 1 fully saturated rings. The van der Waals surface area contributed by atoms with Crippen LogP contribution < -0.4 is 0 Å². The average Bonchev–Trinajstić information content (AvgIpc) is 2.53. The number of hydrogen-bond donors (Lipinski definition) is 1. The van der Waals surface area contributed by atoms with Gasteiger partial charge in [0.15, 0.2) is 0 Å². The second kappa shape index (κ2) is 7.36. The van der Waals surface area contributed by atoms with Crippen molar-refractivity contribution in [3.63, 3.8) is 0 Å². The first-order valence-corrected chi connectivity index (χ1v) is 6.74. The highest BCUT2D eigenvalue weighted by Crippen LogP contribution is 2.11. The molecule has 0 aromatic rings. The highest BCUT2D eigenvalue weighted by atomic mass is 16.4. The number of carbonyl (C=O) groups is 2. The number of amides is 1. The fraction of sp³-hybridized carbons (Fsp3) is 0.846. The summed E-state index contributed by atoms with van der Waals surface area (Å²) in [7, 11) is 0. The summed E-state index contributed by atoms with van der Waals surface area (Å²) in [6, 6.07) is 0. The topological polar surface area (TPSA) is 60.9 Å². The van der Waals surface area contributed by atoms with Crippen LogP contribution in [0, 0.1) is 5.92 Å². The lowest BCUT2D eigenvalue weighted by atomic mass is 10.0. The fourth-order valence-corrected chi connectivity index (χ4v) is 2.14. The van der Waals surface area contributed by atoms with Gasteiger partial charge in [0.2, 0.25) is 5.91 Å². The molecule has 1 saturated heterocycles. The number of carboxylic acids is 1. The molecule has 0 bridgehead atoms. The Balaban J connectivity index is 2.41. The number of nitrogens with zero attached hydrogens (tertiary/aromatic N) is 2. The van der Waals surface area contributed by atoms with Crippen LogP contribution in [0.3, 0.4) is 0 Å². The zero-order valence-corrected chi connectivity index (χ0v) is 11.4. The zero-order chi connectivity index (χ0) is 13.5. The third-order valence-corrected chi connectivity index (χ3v) is 3.52. The van der Waals surface area contributed by atoms with Crippen molar-refractivity contribution in [3.8, 4) is 0 Å². The third-order valence-electron chi connectivity index (χ3n) is 3.52. The Kier molecular flexibility index (Phi) is 6.12. The molecular formula is C13H24N2O3. The molecule has 18 heavy (non-hydrogen) atoms. The minimum atomic E-state index is -0.797. The molecular weight excluding hydrogens is 232 g/mol. The number of carboxylic acid groups (broad SMARTS) is 1. The first-order chi connectivity index (χ1) is 8.52. The third kappa shape index (κ3) is 5.04. The maximum absolute atomic E-state index is 12.0. The van der Waals surface area contributed by atoms with Crippen molar-refractivity contribution in [2.45, 2.75) is 33.1 Å². The van der Waals surface area contributed by atoms with Crippen molar-refractivity contribution in [2.75, 3.05) is 32.7 Å². The molecule has 1 atom stereocenters. The van der Waals surface area contributed by atoms with Gasteiger partial charge in [-0.15, -0.1) is 0 Å². The fourth-order valence-electron chi connectivity index (χ4n) is 2.14. The molecule has 1 aliphatic rings. The SMILES string of the molecule is CCC(C)CC(=O)N1CCCN(CC(=O)O)CC1. The minimum absolute atomic E-state index is 0.0768. The van der Waals surface area contributed by atoms with E-state index in [2.05, 4.69) is 13.8 Å². The molecule has 0 spiro atoms. The minimum Gasteiger partial charge on any atom is -0.480 e. The van der Waals surface area contributed by atoms with Crippen LogP contribution in [0.5, 0.6) is 0 Å². The van der Waals surface area contributed by atoms with E-state index in [1.165, 1.54) is 0 Å². The lowest BCUT2D eigenvalue weighted by Crippen LogP contribution is -2.37. The van der Waals surface area contributed by atoms with Gasteiger partial charge in [-0.2, -0.15) is 0 Å². The highest BCUT2D eigenvalue weighted by Gasteiger charge is 2.20. The van der Waals surface area contributed by atoms with E-state index in [0.29, 0.717) is 25.4 Å². The van der Waals surface area contributed by atoms with Crippen LogP contribution in [0.15, 0.2) is 0 Å². The first-order valence-electron chi connectivity index (χ1n) is 6.74. The molecule has 1 aliphatic heterocycles. The zero-order valence-electron chi connectivity index (χ0n) is 11.4. The smallest absolute Gasteiger partial charge is 0.317 e. The molecule has 0 aromatic heterocycles. The largest absolute Gasteiger partial charge is 0.480 e. The molecule has 5 heteroatoms. The first kappa shape index (κ1) is 15.0. The molecule has 1 unspecified atom stereocenters. The van der Waals surface area contributed by atoms with E-state index >= 15 is 0 Å². The predicted molar refractivity (Wildman–Crippen MR) is 69.3 cm³/mol. The van der Waals surface area contributed by atoms with Gasteiger partial charge in [0.25, 0.3) is 0 Å². The molecule has 0 radical (unpaired) electrons. The summed E-state index contributed by atoms with van der Waals surface area (Å²) in [5.41, 5.74) is 0. The van der Waals surface area contributed by atoms with Gasteiger partial charge in [0, 0.05) is 32.6 Å². The number of aliphatic carboxylic acids is 1. The van der Waals surface area contributed by atoms with Gasteiger partial charge in [0.1, 0.15) is 0 Å². The molecule has 1 amide bonds. The van der Waals surface area contributed by atoms with E-state index < -0.39 is 5.97 Å². The van der Waals surface area contributed by atoms with E-state index in [0.717, 1.165) is 25.9 Å². The van der Waals surface area contributed by atoms with E-state index in [-0.39, 0.29) is 12.5 Å². The molecule has 0 saturated carbocycles. The normalized spacial score (nSPS) is 19.3. The van der Waals surface area contributed by atoms with Crippen molar-refractivity contribution in [2.24, 2.45) is 5.92 Å². The maximum Gasteiger partial charge on any atom is 0.317 e. The summed E-state index contributed by atoms with van der Waals surface area (Å²) in [5, 5.41) is 8.76. The van der Waals surface area contributed by atoms with Crippen molar-refractivity contribution < 1.29 is 14.7 Å². The van der Waals surface area contributed by atoms with E-state index in [1.54, 1.807) is 0 Å². The van der Waals surface area contributed by atoms with Crippen molar-refractivity contribution >= 4 is 11.9 Å². The summed E-state index contributed by atoms with van der Waals surface area (Å²) in [6.07, 6.45) is 2.49. The van der Waals surface area contributed by atoms with Gasteiger partial charge >= 0.3 is 5.97 Å². The van der Waals surface area contributed by atoms with Crippen LogP contribution in [-0.4, -0.2) is 59.5 Å². The summed E-state index contributed by atoms with van der Waals surface area (Å²) in [5.74, 6) is -0.160. The second-order valence-electron chi connectivity index (χ2n) is 5.12. The molecule has 0 aromatic carbocycles. The standard InChI is InChI=1S/C13H24N2O3/c1-3-11(2)9-12(16)15-6-4-5-14(7-8-15)10-13(17)18/h11H,3-10H2,1-2H3,(H,17,18). The molecule has 104 valence electrons. The molecule has 5 nitrogen and oxygen atoms in total. The summed E-state index contributed by atoms with van der Waals surface area (Å²) in [6.45, 7) is 7.10. The summed E-state index contributed by atoms with van der Waals surface area (Å²) < 4.78 is 0. The Morgan fingerprint density at radius 1 is 1.22 bits per heavy atom. The Bertz CT molecular complexity index is 294. The van der Waals surface area contributed by atoms with Crippen LogP contribution in [0.4, 0.5) is 0 Å². The van der Waals surface area contributed by atoms with Crippen LogP contribution in [0.2, 0.25) is 0 Å². The van der Waals surface area contributed by atoms with Gasteiger partial charge < -0.3 is 10.0 Å². The Hall–Kier alpha value is -1.10. The quantitative estimate of drug-likeness (QED) is 0.798. The predicted octanol–water partition coefficient (Wildman–Crippen LogP) is 1.04. The van der Waals surface area contributed by atoms with Gasteiger partial charge in [0.05, 0.1) is 6.54 Å². The van der Waals surface area contributed by atoms with Crippen LogP contribution >= 0.6 is 0 Å².